The van der Waals surface area contributed by atoms with Gasteiger partial charge in [0.25, 0.3) is 0 Å². The van der Waals surface area contributed by atoms with E-state index in [0.29, 0.717) is 0 Å². The van der Waals surface area contributed by atoms with Gasteiger partial charge in [-0.05, 0) is 30.5 Å². The van der Waals surface area contributed by atoms with Crippen LogP contribution in [0.15, 0.2) is 36.7 Å². The van der Waals surface area contributed by atoms with Gasteiger partial charge in [0, 0.05) is 18.0 Å². The molecule has 0 bridgehead atoms. The lowest BCUT2D eigenvalue weighted by Crippen LogP contribution is -1.93. The zero-order valence-electron chi connectivity index (χ0n) is 13.7. The van der Waals surface area contributed by atoms with Gasteiger partial charge in [-0.1, -0.05) is 70.1 Å². The summed E-state index contributed by atoms with van der Waals surface area (Å²) >= 11 is 0. The van der Waals surface area contributed by atoms with E-state index in [2.05, 4.69) is 23.0 Å². The fraction of sp³-hybridized carbons (Fsp3) is 0.500. The quantitative estimate of drug-likeness (QED) is 0.531. The SMILES string of the molecule is CCCCCCCCCCc1cnc(-c2c[c]ccc2)nc1. The molecule has 0 aliphatic heterocycles. The molecule has 0 N–H and O–H groups in total. The van der Waals surface area contributed by atoms with E-state index in [0.717, 1.165) is 17.8 Å². The van der Waals surface area contributed by atoms with Crippen molar-refractivity contribution in [2.45, 2.75) is 64.7 Å². The maximum absolute atomic E-state index is 4.47. The van der Waals surface area contributed by atoms with Crippen LogP contribution in [0.2, 0.25) is 0 Å². The average Bonchev–Trinajstić information content (AvgIpc) is 2.59. The van der Waals surface area contributed by atoms with E-state index in [9.17, 15) is 0 Å². The van der Waals surface area contributed by atoms with Crippen LogP contribution in [0.3, 0.4) is 0 Å². The van der Waals surface area contributed by atoms with Gasteiger partial charge in [-0.25, -0.2) is 9.97 Å². The van der Waals surface area contributed by atoms with Crippen molar-refractivity contribution < 1.29 is 0 Å². The van der Waals surface area contributed by atoms with Gasteiger partial charge >= 0.3 is 0 Å². The molecule has 0 spiro atoms. The van der Waals surface area contributed by atoms with Crippen molar-refractivity contribution >= 4 is 0 Å². The predicted molar refractivity (Wildman–Crippen MR) is 92.6 cm³/mol. The Bertz CT molecular complexity index is 505. The molecule has 0 saturated carbocycles. The fourth-order valence-electron chi connectivity index (χ4n) is 2.63. The number of benzene rings is 1. The molecule has 2 heteroatoms. The molecule has 0 saturated heterocycles. The molecule has 1 heterocycles. The third-order valence-electron chi connectivity index (χ3n) is 3.99. The molecule has 117 valence electrons. The minimum absolute atomic E-state index is 0.788. The zero-order chi connectivity index (χ0) is 15.5. The van der Waals surface area contributed by atoms with Crippen LogP contribution in [-0.2, 0) is 6.42 Å². The summed E-state index contributed by atoms with van der Waals surface area (Å²) in [4.78, 5) is 8.93. The standard InChI is InChI=1S/C20H27N2/c1-2-3-4-5-6-7-8-10-13-18-16-21-20(22-17-18)19-14-11-9-12-15-19/h9,11,14-17H,2-8,10,13H2,1H3. The first kappa shape index (κ1) is 16.7. The molecule has 0 unspecified atom stereocenters. The molecule has 1 aromatic carbocycles. The number of aromatic nitrogens is 2. The van der Waals surface area contributed by atoms with Crippen molar-refractivity contribution in [1.82, 2.24) is 9.97 Å². The van der Waals surface area contributed by atoms with Gasteiger partial charge in [0.2, 0.25) is 0 Å². The lowest BCUT2D eigenvalue weighted by molar-refractivity contribution is 0.575. The van der Waals surface area contributed by atoms with Crippen molar-refractivity contribution in [3.63, 3.8) is 0 Å². The molecule has 22 heavy (non-hydrogen) atoms. The summed E-state index contributed by atoms with van der Waals surface area (Å²) in [5.41, 5.74) is 2.27. The average molecular weight is 295 g/mol. The van der Waals surface area contributed by atoms with Gasteiger partial charge < -0.3 is 0 Å². The van der Waals surface area contributed by atoms with E-state index in [1.54, 1.807) is 0 Å². The Morgan fingerprint density at radius 3 is 2.23 bits per heavy atom. The molecule has 2 rings (SSSR count). The Hall–Kier alpha value is -1.70. The van der Waals surface area contributed by atoms with Crippen LogP contribution in [0.25, 0.3) is 11.4 Å². The highest BCUT2D eigenvalue weighted by atomic mass is 14.9. The van der Waals surface area contributed by atoms with Crippen LogP contribution in [0.5, 0.6) is 0 Å². The lowest BCUT2D eigenvalue weighted by Gasteiger charge is -2.03. The van der Waals surface area contributed by atoms with Crippen LogP contribution in [0.1, 0.15) is 63.9 Å². The number of unbranched alkanes of at least 4 members (excludes halogenated alkanes) is 7. The van der Waals surface area contributed by atoms with Crippen LogP contribution < -0.4 is 0 Å². The van der Waals surface area contributed by atoms with E-state index in [1.807, 2.05) is 36.7 Å². The summed E-state index contributed by atoms with van der Waals surface area (Å²) in [5, 5.41) is 0. The molecule has 0 atom stereocenters. The number of aryl methyl sites for hydroxylation is 1. The minimum atomic E-state index is 0.788. The van der Waals surface area contributed by atoms with Gasteiger partial charge in [0.05, 0.1) is 0 Å². The maximum atomic E-state index is 4.47. The normalized spacial score (nSPS) is 10.8. The van der Waals surface area contributed by atoms with E-state index in [-0.39, 0.29) is 0 Å². The Morgan fingerprint density at radius 2 is 1.59 bits per heavy atom. The first-order valence-electron chi connectivity index (χ1n) is 8.67. The van der Waals surface area contributed by atoms with Crippen molar-refractivity contribution in [3.05, 3.63) is 48.3 Å². The summed E-state index contributed by atoms with van der Waals surface area (Å²) in [6.07, 6.45) is 15.9. The third-order valence-corrected chi connectivity index (χ3v) is 3.99. The van der Waals surface area contributed by atoms with E-state index in [1.165, 1.54) is 56.9 Å². The van der Waals surface area contributed by atoms with Gasteiger partial charge in [-0.2, -0.15) is 0 Å². The Kier molecular flexibility index (Phi) is 7.65. The highest BCUT2D eigenvalue weighted by molar-refractivity contribution is 5.53. The highest BCUT2D eigenvalue weighted by Gasteiger charge is 2.01. The monoisotopic (exact) mass is 295 g/mol. The number of rotatable bonds is 10. The lowest BCUT2D eigenvalue weighted by atomic mass is 10.1. The molecular weight excluding hydrogens is 268 g/mol. The second-order valence-corrected chi connectivity index (χ2v) is 5.93. The molecule has 1 radical (unpaired) electrons. The Morgan fingerprint density at radius 1 is 0.909 bits per heavy atom. The topological polar surface area (TPSA) is 25.8 Å². The number of nitrogens with zero attached hydrogens (tertiary/aromatic N) is 2. The van der Waals surface area contributed by atoms with Crippen molar-refractivity contribution in [2.75, 3.05) is 0 Å². The summed E-state index contributed by atoms with van der Waals surface area (Å²) in [5.74, 6) is 0.788. The van der Waals surface area contributed by atoms with E-state index < -0.39 is 0 Å². The van der Waals surface area contributed by atoms with Crippen molar-refractivity contribution in [2.24, 2.45) is 0 Å². The molecule has 2 nitrogen and oxygen atoms in total. The Balaban J connectivity index is 1.65. The predicted octanol–water partition coefficient (Wildman–Crippen LogP) is 5.63. The first-order valence-corrected chi connectivity index (χ1v) is 8.67. The smallest absolute Gasteiger partial charge is 0.159 e. The molecule has 0 aliphatic rings. The highest BCUT2D eigenvalue weighted by Crippen LogP contribution is 2.14. The van der Waals surface area contributed by atoms with Gasteiger partial charge in [-0.15, -0.1) is 0 Å². The third kappa shape index (κ3) is 5.97. The number of hydrogen-bond donors (Lipinski definition) is 0. The van der Waals surface area contributed by atoms with Crippen molar-refractivity contribution in [1.29, 1.82) is 0 Å². The zero-order valence-corrected chi connectivity index (χ0v) is 13.7. The molecular formula is C20H27N2. The van der Waals surface area contributed by atoms with Crippen LogP contribution in [-0.4, -0.2) is 9.97 Å². The molecule has 1 aromatic heterocycles. The first-order chi connectivity index (χ1) is 10.9. The van der Waals surface area contributed by atoms with Gasteiger partial charge in [0.15, 0.2) is 5.82 Å². The largest absolute Gasteiger partial charge is 0.236 e. The molecule has 0 aliphatic carbocycles. The second kappa shape index (κ2) is 10.1. The summed E-state index contributed by atoms with van der Waals surface area (Å²) in [6.45, 7) is 2.27. The molecule has 0 amide bonds. The minimum Gasteiger partial charge on any atom is -0.236 e. The maximum Gasteiger partial charge on any atom is 0.159 e. The summed E-state index contributed by atoms with van der Waals surface area (Å²) < 4.78 is 0. The van der Waals surface area contributed by atoms with Crippen LogP contribution >= 0.6 is 0 Å². The van der Waals surface area contributed by atoms with E-state index >= 15 is 0 Å². The summed E-state index contributed by atoms with van der Waals surface area (Å²) in [7, 11) is 0. The molecule has 2 aromatic rings. The summed E-state index contributed by atoms with van der Waals surface area (Å²) in [6, 6.07) is 10.9. The van der Waals surface area contributed by atoms with Crippen molar-refractivity contribution in [3.8, 4) is 11.4 Å². The Labute approximate surface area is 135 Å². The van der Waals surface area contributed by atoms with E-state index in [4.69, 9.17) is 0 Å². The van der Waals surface area contributed by atoms with Gasteiger partial charge in [-0.3, -0.25) is 0 Å². The molecule has 0 fully saturated rings. The fourth-order valence-corrected chi connectivity index (χ4v) is 2.63. The number of hydrogen-bond acceptors (Lipinski definition) is 2. The second-order valence-electron chi connectivity index (χ2n) is 5.93. The van der Waals surface area contributed by atoms with Crippen LogP contribution in [0, 0.1) is 6.07 Å². The van der Waals surface area contributed by atoms with Gasteiger partial charge in [0.1, 0.15) is 0 Å². The van der Waals surface area contributed by atoms with Crippen LogP contribution in [0.4, 0.5) is 0 Å².